The predicted molar refractivity (Wildman–Crippen MR) is 72.1 cm³/mol. The fraction of sp³-hybridized carbons (Fsp3) is 0.600. The van der Waals surface area contributed by atoms with Crippen LogP contribution >= 0.6 is 0 Å². The first-order valence-electron chi connectivity index (χ1n) is 6.88. The van der Waals surface area contributed by atoms with E-state index in [0.29, 0.717) is 0 Å². The molecule has 0 amide bonds. The first-order chi connectivity index (χ1) is 8.81. The second-order valence-corrected chi connectivity index (χ2v) is 5.73. The van der Waals surface area contributed by atoms with Crippen molar-refractivity contribution < 1.29 is 4.74 Å². The summed E-state index contributed by atoms with van der Waals surface area (Å²) in [5.74, 6) is 0. The molecule has 1 fully saturated rings. The summed E-state index contributed by atoms with van der Waals surface area (Å²) in [7, 11) is 0. The Kier molecular flexibility index (Phi) is 3.37. The molecular weight excluding hydrogens is 224 g/mol. The molecule has 2 aliphatic heterocycles. The van der Waals surface area contributed by atoms with Crippen LogP contribution in [0, 0.1) is 5.41 Å². The van der Waals surface area contributed by atoms with Crippen molar-refractivity contribution >= 4 is 0 Å². The zero-order chi connectivity index (χ0) is 12.4. The Balaban J connectivity index is 1.67. The standard InChI is InChI=1S/C15H22N2O/c16-11-15(5-7-18-8-6-15)12-17-9-13-3-1-2-4-14(13)10-17/h1-4H,5-12,16H2. The lowest BCUT2D eigenvalue weighted by atomic mass is 9.80. The molecule has 3 rings (SSSR count). The molecule has 0 spiro atoms. The second-order valence-electron chi connectivity index (χ2n) is 5.73. The Bertz CT molecular complexity index is 388. The third-order valence-electron chi connectivity index (χ3n) is 4.45. The average molecular weight is 246 g/mol. The third-order valence-corrected chi connectivity index (χ3v) is 4.45. The number of hydrogen-bond acceptors (Lipinski definition) is 3. The smallest absolute Gasteiger partial charge is 0.0472 e. The lowest BCUT2D eigenvalue weighted by Gasteiger charge is -2.39. The van der Waals surface area contributed by atoms with Crippen molar-refractivity contribution in [2.75, 3.05) is 26.3 Å². The summed E-state index contributed by atoms with van der Waals surface area (Å²) in [5.41, 5.74) is 9.28. The second kappa shape index (κ2) is 5.00. The Hall–Kier alpha value is -0.900. The molecule has 18 heavy (non-hydrogen) atoms. The van der Waals surface area contributed by atoms with Gasteiger partial charge in [-0.2, -0.15) is 0 Å². The quantitative estimate of drug-likeness (QED) is 0.883. The van der Waals surface area contributed by atoms with E-state index in [1.807, 2.05) is 0 Å². The van der Waals surface area contributed by atoms with E-state index in [1.165, 1.54) is 11.1 Å². The minimum Gasteiger partial charge on any atom is -0.381 e. The van der Waals surface area contributed by atoms with Gasteiger partial charge in [0.1, 0.15) is 0 Å². The summed E-state index contributed by atoms with van der Waals surface area (Å²) < 4.78 is 5.48. The Labute approximate surface area is 109 Å². The maximum atomic E-state index is 6.04. The Morgan fingerprint density at radius 2 is 1.72 bits per heavy atom. The zero-order valence-corrected chi connectivity index (χ0v) is 10.9. The van der Waals surface area contributed by atoms with Crippen molar-refractivity contribution in [2.24, 2.45) is 11.1 Å². The number of fused-ring (bicyclic) bond motifs is 1. The Morgan fingerprint density at radius 3 is 2.28 bits per heavy atom. The molecule has 0 aliphatic carbocycles. The van der Waals surface area contributed by atoms with Gasteiger partial charge in [0.2, 0.25) is 0 Å². The van der Waals surface area contributed by atoms with E-state index in [0.717, 1.165) is 52.2 Å². The molecule has 2 N–H and O–H groups in total. The lowest BCUT2D eigenvalue weighted by Crippen LogP contribution is -2.44. The van der Waals surface area contributed by atoms with Gasteiger partial charge < -0.3 is 10.5 Å². The first kappa shape index (κ1) is 12.2. The van der Waals surface area contributed by atoms with Crippen LogP contribution in [0.4, 0.5) is 0 Å². The number of hydrogen-bond donors (Lipinski definition) is 1. The molecule has 0 atom stereocenters. The molecule has 0 aromatic heterocycles. The van der Waals surface area contributed by atoms with Gasteiger partial charge >= 0.3 is 0 Å². The molecule has 0 saturated carbocycles. The van der Waals surface area contributed by atoms with Crippen molar-refractivity contribution in [1.82, 2.24) is 4.90 Å². The lowest BCUT2D eigenvalue weighted by molar-refractivity contribution is -0.000878. The fourth-order valence-electron chi connectivity index (χ4n) is 3.22. The minimum absolute atomic E-state index is 0.278. The van der Waals surface area contributed by atoms with Gasteiger partial charge in [0.05, 0.1) is 0 Å². The highest BCUT2D eigenvalue weighted by Crippen LogP contribution is 2.33. The van der Waals surface area contributed by atoms with E-state index in [1.54, 1.807) is 0 Å². The van der Waals surface area contributed by atoms with Gasteiger partial charge in [-0.05, 0) is 35.9 Å². The molecule has 2 aliphatic rings. The van der Waals surface area contributed by atoms with Crippen LogP contribution in [-0.4, -0.2) is 31.2 Å². The molecule has 2 heterocycles. The van der Waals surface area contributed by atoms with E-state index in [9.17, 15) is 0 Å². The van der Waals surface area contributed by atoms with Gasteiger partial charge in [0, 0.05) is 32.8 Å². The Morgan fingerprint density at radius 1 is 1.11 bits per heavy atom. The summed E-state index contributed by atoms with van der Waals surface area (Å²) >= 11 is 0. The molecule has 1 saturated heterocycles. The van der Waals surface area contributed by atoms with Crippen molar-refractivity contribution in [3.8, 4) is 0 Å². The fourth-order valence-corrected chi connectivity index (χ4v) is 3.22. The van der Waals surface area contributed by atoms with E-state index in [4.69, 9.17) is 10.5 Å². The van der Waals surface area contributed by atoms with Crippen LogP contribution in [0.3, 0.4) is 0 Å². The molecule has 3 nitrogen and oxygen atoms in total. The summed E-state index contributed by atoms with van der Waals surface area (Å²) in [6, 6.07) is 8.76. The predicted octanol–water partition coefficient (Wildman–Crippen LogP) is 1.76. The third kappa shape index (κ3) is 2.30. The maximum Gasteiger partial charge on any atom is 0.0472 e. The summed E-state index contributed by atoms with van der Waals surface area (Å²) in [4.78, 5) is 2.54. The summed E-state index contributed by atoms with van der Waals surface area (Å²) in [6.07, 6.45) is 2.21. The molecule has 1 aromatic carbocycles. The minimum atomic E-state index is 0.278. The molecular formula is C15H22N2O. The number of rotatable bonds is 3. The van der Waals surface area contributed by atoms with Crippen molar-refractivity contribution in [3.05, 3.63) is 35.4 Å². The van der Waals surface area contributed by atoms with Gasteiger partial charge in [-0.1, -0.05) is 24.3 Å². The van der Waals surface area contributed by atoms with Gasteiger partial charge in [0.15, 0.2) is 0 Å². The van der Waals surface area contributed by atoms with Crippen molar-refractivity contribution in [3.63, 3.8) is 0 Å². The zero-order valence-electron chi connectivity index (χ0n) is 10.9. The molecule has 98 valence electrons. The number of nitrogens with two attached hydrogens (primary N) is 1. The molecule has 3 heteroatoms. The summed E-state index contributed by atoms with van der Waals surface area (Å²) in [5, 5.41) is 0. The van der Waals surface area contributed by atoms with Crippen LogP contribution in [-0.2, 0) is 17.8 Å². The normalized spacial score (nSPS) is 22.9. The molecule has 0 bridgehead atoms. The van der Waals surface area contributed by atoms with E-state index < -0.39 is 0 Å². The van der Waals surface area contributed by atoms with Crippen LogP contribution < -0.4 is 5.73 Å². The van der Waals surface area contributed by atoms with Crippen LogP contribution in [0.2, 0.25) is 0 Å². The average Bonchev–Trinajstić information content (AvgIpc) is 2.81. The highest BCUT2D eigenvalue weighted by molar-refractivity contribution is 5.30. The number of ether oxygens (including phenoxy) is 1. The largest absolute Gasteiger partial charge is 0.381 e. The van der Waals surface area contributed by atoms with Crippen LogP contribution in [0.1, 0.15) is 24.0 Å². The van der Waals surface area contributed by atoms with Gasteiger partial charge in [-0.15, -0.1) is 0 Å². The van der Waals surface area contributed by atoms with Crippen molar-refractivity contribution in [2.45, 2.75) is 25.9 Å². The monoisotopic (exact) mass is 246 g/mol. The topological polar surface area (TPSA) is 38.5 Å². The van der Waals surface area contributed by atoms with Gasteiger partial charge in [-0.25, -0.2) is 0 Å². The summed E-state index contributed by atoms with van der Waals surface area (Å²) in [6.45, 7) is 5.80. The number of nitrogens with zero attached hydrogens (tertiary/aromatic N) is 1. The van der Waals surface area contributed by atoms with E-state index in [-0.39, 0.29) is 5.41 Å². The van der Waals surface area contributed by atoms with Crippen LogP contribution in [0.25, 0.3) is 0 Å². The van der Waals surface area contributed by atoms with Crippen LogP contribution in [0.5, 0.6) is 0 Å². The molecule has 0 radical (unpaired) electrons. The van der Waals surface area contributed by atoms with Gasteiger partial charge in [0.25, 0.3) is 0 Å². The van der Waals surface area contributed by atoms with Gasteiger partial charge in [-0.3, -0.25) is 4.90 Å². The first-order valence-corrected chi connectivity index (χ1v) is 6.88. The molecule has 0 unspecified atom stereocenters. The van der Waals surface area contributed by atoms with E-state index >= 15 is 0 Å². The highest BCUT2D eigenvalue weighted by Gasteiger charge is 2.34. The van der Waals surface area contributed by atoms with Crippen molar-refractivity contribution in [1.29, 1.82) is 0 Å². The molecule has 1 aromatic rings. The highest BCUT2D eigenvalue weighted by atomic mass is 16.5. The number of benzene rings is 1. The van der Waals surface area contributed by atoms with E-state index in [2.05, 4.69) is 29.2 Å². The maximum absolute atomic E-state index is 6.04. The SMILES string of the molecule is NCC1(CN2Cc3ccccc3C2)CCOCC1. The van der Waals surface area contributed by atoms with Crippen LogP contribution in [0.15, 0.2) is 24.3 Å².